The van der Waals surface area contributed by atoms with Crippen LogP contribution in [0, 0.1) is 0 Å². The molecule has 0 fully saturated rings. The fourth-order valence-corrected chi connectivity index (χ4v) is 1.01. The van der Waals surface area contributed by atoms with Crippen molar-refractivity contribution in [2.24, 2.45) is 0 Å². The van der Waals surface area contributed by atoms with Crippen molar-refractivity contribution in [3.63, 3.8) is 0 Å². The summed E-state index contributed by atoms with van der Waals surface area (Å²) < 4.78 is 0. The Balaban J connectivity index is 2.30. The van der Waals surface area contributed by atoms with Gasteiger partial charge in [0.05, 0.1) is 18.4 Å². The first-order valence-corrected chi connectivity index (χ1v) is 4.94. The molecule has 0 bridgehead atoms. The lowest BCUT2D eigenvalue weighted by molar-refractivity contribution is -0.119. The van der Waals surface area contributed by atoms with Crippen molar-refractivity contribution in [3.05, 3.63) is 18.3 Å². The Labute approximate surface area is 89.1 Å². The number of nitrogens with one attached hydrogen (secondary N) is 2. The van der Waals surface area contributed by atoms with E-state index in [2.05, 4.69) is 15.6 Å². The molecular weight excluding hydrogens is 192 g/mol. The third-order valence-electron chi connectivity index (χ3n) is 1.79. The van der Waals surface area contributed by atoms with Gasteiger partial charge in [-0.2, -0.15) is 0 Å². The van der Waals surface area contributed by atoms with Gasteiger partial charge >= 0.3 is 0 Å². The van der Waals surface area contributed by atoms with Gasteiger partial charge in [0.2, 0.25) is 5.91 Å². The summed E-state index contributed by atoms with van der Waals surface area (Å²) in [6.45, 7) is 2.95. The van der Waals surface area contributed by atoms with Gasteiger partial charge in [0.15, 0.2) is 0 Å². The lowest BCUT2D eigenvalue weighted by atomic mass is 10.4. The molecule has 0 aliphatic carbocycles. The zero-order chi connectivity index (χ0) is 11.1. The molecule has 0 saturated carbocycles. The van der Waals surface area contributed by atoms with Crippen molar-refractivity contribution in [1.82, 2.24) is 10.3 Å². The van der Waals surface area contributed by atoms with Crippen molar-refractivity contribution >= 4 is 17.4 Å². The molecule has 0 saturated heterocycles. The molecule has 1 aromatic heterocycles. The molecule has 0 aliphatic heterocycles. The highest BCUT2D eigenvalue weighted by atomic mass is 16.1. The van der Waals surface area contributed by atoms with E-state index in [0.717, 1.165) is 6.42 Å². The molecule has 1 heterocycles. The van der Waals surface area contributed by atoms with Crippen molar-refractivity contribution in [1.29, 1.82) is 0 Å². The van der Waals surface area contributed by atoms with Crippen LogP contribution in [0.4, 0.5) is 11.5 Å². The standard InChI is InChI=1S/C10H16N4O/c1-2-5-12-10(15)7-14-9-4-3-8(11)6-13-9/h3-4,6H,2,5,7,11H2,1H3,(H,12,15)(H,13,14). The number of hydrogen-bond acceptors (Lipinski definition) is 4. The van der Waals surface area contributed by atoms with Gasteiger partial charge in [-0.15, -0.1) is 0 Å². The van der Waals surface area contributed by atoms with Crippen molar-refractivity contribution < 1.29 is 4.79 Å². The van der Waals surface area contributed by atoms with Crippen LogP contribution in [0.25, 0.3) is 0 Å². The summed E-state index contributed by atoms with van der Waals surface area (Å²) in [4.78, 5) is 15.2. The molecule has 0 aliphatic rings. The molecule has 15 heavy (non-hydrogen) atoms. The van der Waals surface area contributed by atoms with Gasteiger partial charge in [0.1, 0.15) is 5.82 Å². The maximum Gasteiger partial charge on any atom is 0.239 e. The Morgan fingerprint density at radius 1 is 1.53 bits per heavy atom. The molecule has 1 amide bonds. The molecule has 82 valence electrons. The number of nitrogens with two attached hydrogens (primary N) is 1. The quantitative estimate of drug-likeness (QED) is 0.662. The van der Waals surface area contributed by atoms with E-state index in [9.17, 15) is 4.79 Å². The molecule has 5 heteroatoms. The number of aromatic nitrogens is 1. The third-order valence-corrected chi connectivity index (χ3v) is 1.79. The summed E-state index contributed by atoms with van der Waals surface area (Å²) in [7, 11) is 0. The molecule has 0 spiro atoms. The predicted octanol–water partition coefficient (Wildman–Crippen LogP) is 0.602. The minimum atomic E-state index is -0.0320. The number of nitrogen functional groups attached to an aromatic ring is 1. The number of amides is 1. The maximum absolute atomic E-state index is 11.2. The SMILES string of the molecule is CCCNC(=O)CNc1ccc(N)cn1. The molecule has 4 N–H and O–H groups in total. The van der Waals surface area contributed by atoms with E-state index in [1.807, 2.05) is 6.92 Å². The molecule has 0 unspecified atom stereocenters. The first-order valence-electron chi connectivity index (χ1n) is 4.94. The first kappa shape index (κ1) is 11.3. The molecule has 1 aromatic rings. The van der Waals surface area contributed by atoms with Crippen LogP contribution in [0.1, 0.15) is 13.3 Å². The highest BCUT2D eigenvalue weighted by Crippen LogP contribution is 2.04. The van der Waals surface area contributed by atoms with E-state index >= 15 is 0 Å². The van der Waals surface area contributed by atoms with Gasteiger partial charge in [0.25, 0.3) is 0 Å². The zero-order valence-corrected chi connectivity index (χ0v) is 8.79. The number of rotatable bonds is 5. The predicted molar refractivity (Wildman–Crippen MR) is 60.4 cm³/mol. The topological polar surface area (TPSA) is 80.0 Å². The summed E-state index contributed by atoms with van der Waals surface area (Å²) in [6, 6.07) is 3.47. The lowest BCUT2D eigenvalue weighted by Crippen LogP contribution is -2.30. The second-order valence-corrected chi connectivity index (χ2v) is 3.18. The number of carbonyl (C=O) groups excluding carboxylic acids is 1. The molecular formula is C10H16N4O. The summed E-state index contributed by atoms with van der Waals surface area (Å²) >= 11 is 0. The van der Waals surface area contributed by atoms with E-state index in [1.165, 1.54) is 0 Å². The molecule has 0 atom stereocenters. The molecule has 0 aromatic carbocycles. The zero-order valence-electron chi connectivity index (χ0n) is 8.79. The smallest absolute Gasteiger partial charge is 0.239 e. The van der Waals surface area contributed by atoms with Crippen molar-refractivity contribution in [2.75, 3.05) is 24.1 Å². The minimum Gasteiger partial charge on any atom is -0.397 e. The minimum absolute atomic E-state index is 0.0320. The fraction of sp³-hybridized carbons (Fsp3) is 0.400. The van der Waals surface area contributed by atoms with E-state index < -0.39 is 0 Å². The number of hydrogen-bond donors (Lipinski definition) is 3. The highest BCUT2D eigenvalue weighted by Gasteiger charge is 1.99. The number of nitrogens with zero attached hydrogens (tertiary/aromatic N) is 1. The summed E-state index contributed by atoms with van der Waals surface area (Å²) in [5, 5.41) is 5.66. The van der Waals surface area contributed by atoms with E-state index in [0.29, 0.717) is 18.1 Å². The van der Waals surface area contributed by atoms with Crippen LogP contribution in [0.2, 0.25) is 0 Å². The Kier molecular flexibility index (Phi) is 4.40. The average molecular weight is 208 g/mol. The van der Waals surface area contributed by atoms with Crippen LogP contribution >= 0.6 is 0 Å². The second-order valence-electron chi connectivity index (χ2n) is 3.18. The van der Waals surface area contributed by atoms with Gasteiger partial charge in [-0.25, -0.2) is 4.98 Å². The van der Waals surface area contributed by atoms with Crippen LogP contribution in [0.5, 0.6) is 0 Å². The average Bonchev–Trinajstić information content (AvgIpc) is 2.25. The first-order chi connectivity index (χ1) is 7.22. The maximum atomic E-state index is 11.2. The van der Waals surface area contributed by atoms with Crippen molar-refractivity contribution in [2.45, 2.75) is 13.3 Å². The van der Waals surface area contributed by atoms with Crippen LogP contribution in [0.15, 0.2) is 18.3 Å². The van der Waals surface area contributed by atoms with E-state index in [-0.39, 0.29) is 12.5 Å². The fourth-order valence-electron chi connectivity index (χ4n) is 1.01. The Bertz CT molecular complexity index is 310. The van der Waals surface area contributed by atoms with E-state index in [4.69, 9.17) is 5.73 Å². The summed E-state index contributed by atoms with van der Waals surface area (Å²) in [6.07, 6.45) is 2.48. The van der Waals surface area contributed by atoms with Gasteiger partial charge in [0, 0.05) is 6.54 Å². The Hall–Kier alpha value is -1.78. The second kappa shape index (κ2) is 5.85. The molecule has 1 rings (SSSR count). The number of anilines is 2. The summed E-state index contributed by atoms with van der Waals surface area (Å²) in [5.74, 6) is 0.617. The van der Waals surface area contributed by atoms with Crippen molar-refractivity contribution in [3.8, 4) is 0 Å². The van der Waals surface area contributed by atoms with Crippen LogP contribution < -0.4 is 16.4 Å². The van der Waals surface area contributed by atoms with Gasteiger partial charge in [-0.05, 0) is 18.6 Å². The monoisotopic (exact) mass is 208 g/mol. The third kappa shape index (κ3) is 4.30. The van der Waals surface area contributed by atoms with E-state index in [1.54, 1.807) is 18.3 Å². The summed E-state index contributed by atoms with van der Waals surface area (Å²) in [5.41, 5.74) is 6.09. The number of carbonyl (C=O) groups is 1. The van der Waals surface area contributed by atoms with Crippen LogP contribution in [-0.4, -0.2) is 24.0 Å². The number of pyridine rings is 1. The normalized spacial score (nSPS) is 9.67. The van der Waals surface area contributed by atoms with Crippen LogP contribution in [-0.2, 0) is 4.79 Å². The van der Waals surface area contributed by atoms with Gasteiger partial charge in [-0.1, -0.05) is 6.92 Å². The Morgan fingerprint density at radius 3 is 2.93 bits per heavy atom. The van der Waals surface area contributed by atoms with Gasteiger partial charge < -0.3 is 16.4 Å². The highest BCUT2D eigenvalue weighted by molar-refractivity contribution is 5.80. The van der Waals surface area contributed by atoms with Crippen LogP contribution in [0.3, 0.4) is 0 Å². The molecule has 0 radical (unpaired) electrons. The molecule has 5 nitrogen and oxygen atoms in total. The Morgan fingerprint density at radius 2 is 2.33 bits per heavy atom. The lowest BCUT2D eigenvalue weighted by Gasteiger charge is -2.06. The van der Waals surface area contributed by atoms with Gasteiger partial charge in [-0.3, -0.25) is 4.79 Å². The largest absolute Gasteiger partial charge is 0.397 e.